The summed E-state index contributed by atoms with van der Waals surface area (Å²) < 4.78 is 16.7. The number of aliphatic hydroxyl groups excluding tert-OH is 6. The predicted octanol–water partition coefficient (Wildman–Crippen LogP) is 4.09. The van der Waals surface area contributed by atoms with Crippen molar-refractivity contribution in [2.24, 2.45) is 5.73 Å². The Kier molecular flexibility index (Phi) is 28.9. The highest BCUT2D eigenvalue weighted by Crippen LogP contribution is 2.32. The molecular formula is C44H79N3O11. The van der Waals surface area contributed by atoms with Crippen LogP contribution in [0.3, 0.4) is 0 Å². The van der Waals surface area contributed by atoms with Crippen molar-refractivity contribution in [3.63, 3.8) is 0 Å². The van der Waals surface area contributed by atoms with Crippen LogP contribution in [-0.2, 0) is 19.1 Å². The van der Waals surface area contributed by atoms with Gasteiger partial charge >= 0.3 is 0 Å². The van der Waals surface area contributed by atoms with E-state index in [-0.39, 0.29) is 63.0 Å². The molecule has 0 unspecified atom stereocenters. The molecule has 0 aliphatic carbocycles. The van der Waals surface area contributed by atoms with Crippen LogP contribution in [0, 0.1) is 0 Å². The molecular weight excluding hydrogens is 746 g/mol. The van der Waals surface area contributed by atoms with Crippen LogP contribution in [0.4, 0.5) is 0 Å². The van der Waals surface area contributed by atoms with E-state index in [1.807, 2.05) is 0 Å². The van der Waals surface area contributed by atoms with Gasteiger partial charge in [-0.1, -0.05) is 102 Å². The van der Waals surface area contributed by atoms with Gasteiger partial charge in [0.25, 0.3) is 0 Å². The van der Waals surface area contributed by atoms with Gasteiger partial charge in [0.2, 0.25) is 11.8 Å². The molecule has 0 bridgehead atoms. The van der Waals surface area contributed by atoms with Gasteiger partial charge in [-0.15, -0.1) is 0 Å². The number of hydrogen-bond acceptors (Lipinski definition) is 12. The average Bonchev–Trinajstić information content (AvgIpc) is 4.00. The molecule has 1 fully saturated rings. The van der Waals surface area contributed by atoms with Crippen molar-refractivity contribution < 1.29 is 54.4 Å². The van der Waals surface area contributed by atoms with Crippen molar-refractivity contribution >= 4 is 11.8 Å². The Balaban J connectivity index is 1.38. The molecule has 336 valence electrons. The van der Waals surface area contributed by atoms with E-state index < -0.39 is 30.3 Å². The first kappa shape index (κ1) is 51.7. The number of aliphatic hydroxyl groups is 6. The topological polar surface area (TPSA) is 237 Å². The maximum Gasteiger partial charge on any atom is 0.248 e. The monoisotopic (exact) mass is 826 g/mol. The van der Waals surface area contributed by atoms with E-state index in [4.69, 9.17) is 25.1 Å². The second-order valence-electron chi connectivity index (χ2n) is 16.2. The molecule has 10 N–H and O–H groups in total. The molecule has 1 aromatic carbocycles. The Morgan fingerprint density at radius 1 is 0.741 bits per heavy atom. The van der Waals surface area contributed by atoms with Crippen LogP contribution in [0.15, 0.2) is 24.3 Å². The molecule has 1 aliphatic rings. The summed E-state index contributed by atoms with van der Waals surface area (Å²) in [6, 6.07) is 5.77. The Bertz CT molecular complexity index is 1180. The van der Waals surface area contributed by atoms with Crippen molar-refractivity contribution in [2.45, 2.75) is 190 Å². The molecule has 2 amide bonds. The minimum atomic E-state index is -1.25. The van der Waals surface area contributed by atoms with Crippen LogP contribution < -0.4 is 21.1 Å². The number of carbonyl (C=O) groups excluding carboxylic acids is 2. The number of hydrogen-bond donors (Lipinski definition) is 9. The third-order valence-electron chi connectivity index (χ3n) is 10.8. The van der Waals surface area contributed by atoms with Crippen LogP contribution in [0.25, 0.3) is 0 Å². The van der Waals surface area contributed by atoms with Crippen molar-refractivity contribution in [1.29, 1.82) is 0 Å². The largest absolute Gasteiger partial charge is 0.491 e. The first-order valence-electron chi connectivity index (χ1n) is 22.2. The number of carbonyl (C=O) groups is 2. The van der Waals surface area contributed by atoms with Gasteiger partial charge < -0.3 is 61.2 Å². The fourth-order valence-electron chi connectivity index (χ4n) is 7.07. The van der Waals surface area contributed by atoms with E-state index in [0.29, 0.717) is 30.8 Å². The highest BCUT2D eigenvalue weighted by Gasteiger charge is 2.43. The summed E-state index contributed by atoms with van der Waals surface area (Å²) in [5.74, 6) is -0.362. The van der Waals surface area contributed by atoms with Crippen LogP contribution in [0.5, 0.6) is 5.75 Å². The zero-order chi connectivity index (χ0) is 42.4. The van der Waals surface area contributed by atoms with E-state index in [1.165, 1.54) is 58.3 Å². The van der Waals surface area contributed by atoms with E-state index in [2.05, 4.69) is 10.6 Å². The van der Waals surface area contributed by atoms with Crippen LogP contribution in [0.1, 0.15) is 153 Å². The molecule has 1 aliphatic heterocycles. The van der Waals surface area contributed by atoms with E-state index >= 15 is 0 Å². The van der Waals surface area contributed by atoms with Crippen molar-refractivity contribution in [3.05, 3.63) is 29.8 Å². The number of unbranched alkanes of at least 4 members (excludes halogenated alkanes) is 13. The number of ether oxygens (including phenoxy) is 3. The minimum Gasteiger partial charge on any atom is -0.491 e. The summed E-state index contributed by atoms with van der Waals surface area (Å²) in [5, 5.41) is 65.1. The number of benzene rings is 1. The lowest BCUT2D eigenvalue weighted by atomic mass is 10.0. The smallest absolute Gasteiger partial charge is 0.248 e. The predicted molar refractivity (Wildman–Crippen MR) is 224 cm³/mol. The lowest BCUT2D eigenvalue weighted by molar-refractivity contribution is -0.130. The molecule has 14 heteroatoms. The fourth-order valence-corrected chi connectivity index (χ4v) is 7.07. The van der Waals surface area contributed by atoms with Gasteiger partial charge in [0.05, 0.1) is 56.3 Å². The molecule has 8 atom stereocenters. The van der Waals surface area contributed by atoms with Crippen molar-refractivity contribution in [3.8, 4) is 5.75 Å². The van der Waals surface area contributed by atoms with Crippen molar-refractivity contribution in [2.75, 3.05) is 39.6 Å². The minimum absolute atomic E-state index is 0.0298. The molecule has 0 saturated carbocycles. The molecule has 1 saturated heterocycles. The normalized spacial score (nSPS) is 18.2. The summed E-state index contributed by atoms with van der Waals surface area (Å²) in [6.45, 7) is 2.22. The molecule has 0 aromatic heterocycles. The molecule has 0 spiro atoms. The first-order valence-corrected chi connectivity index (χ1v) is 22.2. The first-order chi connectivity index (χ1) is 28.0. The highest BCUT2D eigenvalue weighted by atomic mass is 16.6. The third kappa shape index (κ3) is 25.3. The Labute approximate surface area is 347 Å². The molecule has 58 heavy (non-hydrogen) atoms. The van der Waals surface area contributed by atoms with Crippen molar-refractivity contribution in [1.82, 2.24) is 10.6 Å². The molecule has 14 nitrogen and oxygen atoms in total. The number of nitrogens with one attached hydrogen (secondary N) is 2. The van der Waals surface area contributed by atoms with Gasteiger partial charge in [0.1, 0.15) is 24.6 Å². The highest BCUT2D eigenvalue weighted by molar-refractivity contribution is 5.80. The van der Waals surface area contributed by atoms with Crippen LogP contribution in [-0.4, -0.2) is 125 Å². The molecule has 1 aromatic rings. The van der Waals surface area contributed by atoms with Gasteiger partial charge in [0, 0.05) is 20.1 Å². The van der Waals surface area contributed by atoms with E-state index in [0.717, 1.165) is 70.8 Å². The summed E-state index contributed by atoms with van der Waals surface area (Å²) in [7, 11) is 0. The fraction of sp³-hybridized carbons (Fsp3) is 0.818. The molecule has 1 heterocycles. The summed E-state index contributed by atoms with van der Waals surface area (Å²) in [5.41, 5.74) is 6.16. The second kappa shape index (κ2) is 32.4. The van der Waals surface area contributed by atoms with Gasteiger partial charge in [-0.3, -0.25) is 9.59 Å². The number of rotatable bonds is 38. The van der Waals surface area contributed by atoms with Gasteiger partial charge in [-0.05, 0) is 62.6 Å². The molecule has 0 radical (unpaired) electrons. The van der Waals surface area contributed by atoms with Gasteiger partial charge in [-0.25, -0.2) is 0 Å². The summed E-state index contributed by atoms with van der Waals surface area (Å²) in [6.07, 6.45) is 18.2. The number of epoxide rings is 1. The number of amides is 2. The second-order valence-corrected chi connectivity index (χ2v) is 16.2. The van der Waals surface area contributed by atoms with Gasteiger partial charge in [0.15, 0.2) is 0 Å². The van der Waals surface area contributed by atoms with Gasteiger partial charge in [-0.2, -0.15) is 0 Å². The SMILES string of the molecule is CC(=O)N[C@@H](CO)COc1ccc([C@@H](O)CNC(=O)[C@@H](O)CCC[C@H](O)[C@H]2O[C@H]2CCCCCCC[C@H](O)CCCCCCCCCCCCOC[C@@H](N)CO)cc1. The van der Waals surface area contributed by atoms with Crippen LogP contribution in [0.2, 0.25) is 0 Å². The standard InChI is InChI=1S/C44H79N3O11/c1-33(50)47-36(30-49)32-57-38-25-23-34(24-26-38)41(54)28-46-44(55)40(53)21-17-20-39(52)43-42(58-43)22-15-11-8-10-14-19-37(51)18-13-9-6-4-2-3-5-7-12-16-27-56-31-35(45)29-48/h23-26,35-37,39-43,48-49,51-54H,2-22,27-32,45H2,1H3,(H,46,55)(H,47,50)/t35-,36-,37+,39-,40-,41-,42-,43+/m0/s1. The lowest BCUT2D eigenvalue weighted by Crippen LogP contribution is -2.40. The Morgan fingerprint density at radius 2 is 1.33 bits per heavy atom. The van der Waals surface area contributed by atoms with E-state index in [1.54, 1.807) is 24.3 Å². The molecule has 2 rings (SSSR count). The zero-order valence-electron chi connectivity index (χ0n) is 35.3. The quantitative estimate of drug-likeness (QED) is 0.0339. The average molecular weight is 826 g/mol. The maximum absolute atomic E-state index is 12.4. The Morgan fingerprint density at radius 3 is 1.91 bits per heavy atom. The summed E-state index contributed by atoms with van der Waals surface area (Å²) in [4.78, 5) is 23.6. The Hall–Kier alpha value is -2.40. The summed E-state index contributed by atoms with van der Waals surface area (Å²) >= 11 is 0. The number of nitrogens with two attached hydrogens (primary N) is 1. The third-order valence-corrected chi connectivity index (χ3v) is 10.8. The lowest BCUT2D eigenvalue weighted by Gasteiger charge is -2.17. The van der Waals surface area contributed by atoms with Crippen LogP contribution >= 0.6 is 0 Å². The maximum atomic E-state index is 12.4. The zero-order valence-corrected chi connectivity index (χ0v) is 35.3. The van der Waals surface area contributed by atoms with E-state index in [9.17, 15) is 35.1 Å².